The summed E-state index contributed by atoms with van der Waals surface area (Å²) < 4.78 is 1.67. The number of aromatic nitrogens is 4. The summed E-state index contributed by atoms with van der Waals surface area (Å²) in [6.45, 7) is 5.66. The van der Waals surface area contributed by atoms with Crippen LogP contribution < -0.4 is 5.56 Å². The number of nitrogens with zero attached hydrogens (tertiary/aromatic N) is 3. The second-order valence-electron chi connectivity index (χ2n) is 4.82. The molecule has 6 heteroatoms. The van der Waals surface area contributed by atoms with Crippen LogP contribution in [0.3, 0.4) is 0 Å². The molecule has 2 heterocycles. The Kier molecular flexibility index (Phi) is 3.42. The van der Waals surface area contributed by atoms with Gasteiger partial charge in [-0.25, -0.2) is 0 Å². The molecule has 2 N–H and O–H groups in total. The van der Waals surface area contributed by atoms with Crippen LogP contribution in [0.2, 0.25) is 0 Å². The molecule has 2 aromatic heterocycles. The zero-order valence-electron chi connectivity index (χ0n) is 11.6. The highest BCUT2D eigenvalue weighted by Gasteiger charge is 2.17. The number of aromatic hydroxyl groups is 1. The summed E-state index contributed by atoms with van der Waals surface area (Å²) in [6.07, 6.45) is 2.51. The first-order chi connectivity index (χ1) is 8.93. The Balaban J connectivity index is 2.61. The van der Waals surface area contributed by atoms with Crippen molar-refractivity contribution in [1.82, 2.24) is 19.7 Å². The molecule has 0 saturated carbocycles. The van der Waals surface area contributed by atoms with E-state index in [9.17, 15) is 9.90 Å². The van der Waals surface area contributed by atoms with Crippen LogP contribution in [0.5, 0.6) is 5.88 Å². The normalized spacial score (nSPS) is 11.2. The Morgan fingerprint density at radius 3 is 2.68 bits per heavy atom. The van der Waals surface area contributed by atoms with E-state index in [1.165, 1.54) is 0 Å². The Hall–Kier alpha value is -2.11. The number of H-pyrrole nitrogens is 1. The van der Waals surface area contributed by atoms with Gasteiger partial charge in [0, 0.05) is 13.2 Å². The molecular weight excluding hydrogens is 244 g/mol. The number of nitrogens with one attached hydrogen (secondary N) is 1. The fraction of sp³-hybridized carbons (Fsp3) is 0.462. The SMILES string of the molecule is CCc1nn(C)cc1-c1nc(O)c(C(C)C)c(=O)[nH]1. The fourth-order valence-electron chi connectivity index (χ4n) is 2.11. The molecule has 0 spiro atoms. The van der Waals surface area contributed by atoms with Gasteiger partial charge in [0.15, 0.2) is 0 Å². The lowest BCUT2D eigenvalue weighted by Gasteiger charge is -2.07. The minimum absolute atomic E-state index is 0.0788. The molecule has 0 saturated heterocycles. The van der Waals surface area contributed by atoms with Gasteiger partial charge in [-0.3, -0.25) is 9.48 Å². The van der Waals surface area contributed by atoms with E-state index in [2.05, 4.69) is 15.1 Å². The third-order valence-corrected chi connectivity index (χ3v) is 3.01. The highest BCUT2D eigenvalue weighted by atomic mass is 16.3. The van der Waals surface area contributed by atoms with Crippen LogP contribution in [0.1, 0.15) is 37.9 Å². The van der Waals surface area contributed by atoms with Crippen LogP contribution in [0.25, 0.3) is 11.4 Å². The van der Waals surface area contributed by atoms with Crippen molar-refractivity contribution in [2.45, 2.75) is 33.1 Å². The molecule has 102 valence electrons. The van der Waals surface area contributed by atoms with Crippen LogP contribution in [-0.4, -0.2) is 24.9 Å². The van der Waals surface area contributed by atoms with E-state index in [4.69, 9.17) is 0 Å². The van der Waals surface area contributed by atoms with Crippen LogP contribution in [0.15, 0.2) is 11.0 Å². The first kappa shape index (κ1) is 13.3. The number of hydrogen-bond donors (Lipinski definition) is 2. The largest absolute Gasteiger partial charge is 0.493 e. The molecule has 0 aliphatic rings. The molecule has 0 aliphatic carbocycles. The topological polar surface area (TPSA) is 83.8 Å². The maximum Gasteiger partial charge on any atom is 0.258 e. The summed E-state index contributed by atoms with van der Waals surface area (Å²) in [5.41, 5.74) is 1.59. The predicted molar refractivity (Wildman–Crippen MR) is 72.2 cm³/mol. The monoisotopic (exact) mass is 262 g/mol. The molecule has 2 rings (SSSR count). The summed E-state index contributed by atoms with van der Waals surface area (Å²) in [4.78, 5) is 18.8. The molecule has 2 aromatic rings. The average molecular weight is 262 g/mol. The molecule has 0 radical (unpaired) electrons. The Morgan fingerprint density at radius 2 is 2.16 bits per heavy atom. The van der Waals surface area contributed by atoms with Crippen molar-refractivity contribution < 1.29 is 5.11 Å². The lowest BCUT2D eigenvalue weighted by molar-refractivity contribution is 0.440. The van der Waals surface area contributed by atoms with E-state index in [1.807, 2.05) is 27.8 Å². The Labute approximate surface area is 111 Å². The van der Waals surface area contributed by atoms with E-state index in [1.54, 1.807) is 10.9 Å². The van der Waals surface area contributed by atoms with Crippen molar-refractivity contribution in [2.75, 3.05) is 0 Å². The smallest absolute Gasteiger partial charge is 0.258 e. The minimum atomic E-state index is -0.302. The maximum absolute atomic E-state index is 12.0. The molecule has 0 atom stereocenters. The van der Waals surface area contributed by atoms with Crippen molar-refractivity contribution >= 4 is 0 Å². The predicted octanol–water partition coefficient (Wildman–Crippen LogP) is 1.56. The number of aromatic amines is 1. The Morgan fingerprint density at radius 1 is 1.47 bits per heavy atom. The van der Waals surface area contributed by atoms with E-state index >= 15 is 0 Å². The van der Waals surface area contributed by atoms with Gasteiger partial charge in [-0.1, -0.05) is 20.8 Å². The molecule has 0 unspecified atom stereocenters. The molecule has 0 bridgehead atoms. The summed E-state index contributed by atoms with van der Waals surface area (Å²) in [7, 11) is 1.81. The first-order valence-electron chi connectivity index (χ1n) is 6.30. The van der Waals surface area contributed by atoms with Gasteiger partial charge < -0.3 is 10.1 Å². The molecule has 0 amide bonds. The summed E-state index contributed by atoms with van der Waals surface area (Å²) in [5.74, 6) is 0.0707. The molecule has 6 nitrogen and oxygen atoms in total. The van der Waals surface area contributed by atoms with Crippen LogP contribution >= 0.6 is 0 Å². The molecule has 0 aromatic carbocycles. The van der Waals surface area contributed by atoms with Gasteiger partial charge in [0.05, 0.1) is 16.8 Å². The highest BCUT2D eigenvalue weighted by molar-refractivity contribution is 5.58. The van der Waals surface area contributed by atoms with Crippen molar-refractivity contribution in [3.63, 3.8) is 0 Å². The minimum Gasteiger partial charge on any atom is -0.493 e. The first-order valence-corrected chi connectivity index (χ1v) is 6.30. The summed E-state index contributed by atoms with van der Waals surface area (Å²) in [5, 5.41) is 14.2. The van der Waals surface area contributed by atoms with Gasteiger partial charge in [-0.05, 0) is 12.3 Å². The molecule has 0 fully saturated rings. The number of hydrogen-bond acceptors (Lipinski definition) is 4. The van der Waals surface area contributed by atoms with Crippen LogP contribution in [0.4, 0.5) is 0 Å². The zero-order valence-corrected chi connectivity index (χ0v) is 11.6. The number of aryl methyl sites for hydroxylation is 2. The van der Waals surface area contributed by atoms with Gasteiger partial charge in [0.25, 0.3) is 5.56 Å². The lowest BCUT2D eigenvalue weighted by Crippen LogP contribution is -2.16. The summed E-state index contributed by atoms with van der Waals surface area (Å²) >= 11 is 0. The van der Waals surface area contributed by atoms with Crippen molar-refractivity contribution in [3.05, 3.63) is 27.8 Å². The van der Waals surface area contributed by atoms with Gasteiger partial charge in [-0.15, -0.1) is 0 Å². The number of rotatable bonds is 3. The highest BCUT2D eigenvalue weighted by Crippen LogP contribution is 2.24. The quantitative estimate of drug-likeness (QED) is 0.879. The molecule has 0 aliphatic heterocycles. The van der Waals surface area contributed by atoms with E-state index in [-0.39, 0.29) is 17.4 Å². The fourth-order valence-corrected chi connectivity index (χ4v) is 2.11. The van der Waals surface area contributed by atoms with Crippen LogP contribution in [0, 0.1) is 0 Å². The molecule has 19 heavy (non-hydrogen) atoms. The summed E-state index contributed by atoms with van der Waals surface area (Å²) in [6, 6.07) is 0. The van der Waals surface area contributed by atoms with Crippen molar-refractivity contribution in [1.29, 1.82) is 0 Å². The van der Waals surface area contributed by atoms with Crippen molar-refractivity contribution in [3.8, 4) is 17.3 Å². The Bertz CT molecular complexity index is 655. The van der Waals surface area contributed by atoms with Crippen LogP contribution in [-0.2, 0) is 13.5 Å². The zero-order chi connectivity index (χ0) is 14.2. The van der Waals surface area contributed by atoms with E-state index in [0.29, 0.717) is 11.4 Å². The molecular formula is C13H18N4O2. The standard InChI is InChI=1S/C13H18N4O2/c1-5-9-8(6-17(4)16-9)11-14-12(18)10(7(2)3)13(19)15-11/h6-7H,5H2,1-4H3,(H2,14,15,18,19). The van der Waals surface area contributed by atoms with E-state index < -0.39 is 0 Å². The van der Waals surface area contributed by atoms with E-state index in [0.717, 1.165) is 17.7 Å². The average Bonchev–Trinajstić information content (AvgIpc) is 2.69. The van der Waals surface area contributed by atoms with Gasteiger partial charge in [0.1, 0.15) is 5.82 Å². The van der Waals surface area contributed by atoms with Gasteiger partial charge in [-0.2, -0.15) is 10.1 Å². The van der Waals surface area contributed by atoms with Crippen molar-refractivity contribution in [2.24, 2.45) is 7.05 Å². The second-order valence-corrected chi connectivity index (χ2v) is 4.82. The second kappa shape index (κ2) is 4.87. The maximum atomic E-state index is 12.0. The third-order valence-electron chi connectivity index (χ3n) is 3.01. The van der Waals surface area contributed by atoms with Gasteiger partial charge in [0.2, 0.25) is 5.88 Å². The lowest BCUT2D eigenvalue weighted by atomic mass is 10.1. The third kappa shape index (κ3) is 2.38. The van der Waals surface area contributed by atoms with Gasteiger partial charge >= 0.3 is 0 Å².